The van der Waals surface area contributed by atoms with Gasteiger partial charge in [0.15, 0.2) is 0 Å². The lowest BCUT2D eigenvalue weighted by atomic mass is 10.1. The van der Waals surface area contributed by atoms with Crippen molar-refractivity contribution in [3.63, 3.8) is 0 Å². The van der Waals surface area contributed by atoms with Crippen LogP contribution in [0.3, 0.4) is 0 Å². The van der Waals surface area contributed by atoms with Crippen molar-refractivity contribution in [3.05, 3.63) is 34.9 Å². The van der Waals surface area contributed by atoms with Gasteiger partial charge < -0.3 is 10.4 Å². The van der Waals surface area contributed by atoms with Crippen LogP contribution >= 0.6 is 0 Å². The fourth-order valence-corrected chi connectivity index (χ4v) is 1.89. The standard InChI is InChI=1S/C14H19NO3/c1-4-5-12(14(17)18)15-13(16)11-7-9(2)6-10(3)8-11/h6-8,12H,4-5H2,1-3H3,(H,15,16)(H,17,18). The van der Waals surface area contributed by atoms with Crippen molar-refractivity contribution in [1.29, 1.82) is 0 Å². The van der Waals surface area contributed by atoms with Gasteiger partial charge in [0.25, 0.3) is 5.91 Å². The van der Waals surface area contributed by atoms with Gasteiger partial charge >= 0.3 is 5.97 Å². The number of carbonyl (C=O) groups is 2. The van der Waals surface area contributed by atoms with E-state index >= 15 is 0 Å². The number of rotatable bonds is 5. The molecule has 2 N–H and O–H groups in total. The highest BCUT2D eigenvalue weighted by Crippen LogP contribution is 2.09. The Hall–Kier alpha value is -1.84. The normalized spacial score (nSPS) is 11.9. The third-order valence-electron chi connectivity index (χ3n) is 2.66. The molecule has 0 fully saturated rings. The van der Waals surface area contributed by atoms with Gasteiger partial charge in [-0.15, -0.1) is 0 Å². The van der Waals surface area contributed by atoms with E-state index in [2.05, 4.69) is 5.32 Å². The largest absolute Gasteiger partial charge is 0.480 e. The van der Waals surface area contributed by atoms with Crippen molar-refractivity contribution in [1.82, 2.24) is 5.32 Å². The van der Waals surface area contributed by atoms with E-state index in [1.54, 1.807) is 12.1 Å². The number of carboxylic acids is 1. The third-order valence-corrected chi connectivity index (χ3v) is 2.66. The molecule has 0 radical (unpaired) electrons. The first kappa shape index (κ1) is 14.2. The zero-order valence-corrected chi connectivity index (χ0v) is 11.0. The summed E-state index contributed by atoms with van der Waals surface area (Å²) in [6.07, 6.45) is 1.15. The summed E-state index contributed by atoms with van der Waals surface area (Å²) in [4.78, 5) is 22.9. The van der Waals surface area contributed by atoms with Crippen LogP contribution in [0.4, 0.5) is 0 Å². The van der Waals surface area contributed by atoms with Gasteiger partial charge in [-0.2, -0.15) is 0 Å². The second-order valence-corrected chi connectivity index (χ2v) is 4.53. The van der Waals surface area contributed by atoms with Crippen molar-refractivity contribution in [2.75, 3.05) is 0 Å². The molecule has 0 saturated carbocycles. The minimum Gasteiger partial charge on any atom is -0.480 e. The van der Waals surface area contributed by atoms with Gasteiger partial charge in [0, 0.05) is 5.56 Å². The predicted molar refractivity (Wildman–Crippen MR) is 69.7 cm³/mol. The van der Waals surface area contributed by atoms with Crippen molar-refractivity contribution in [2.24, 2.45) is 0 Å². The lowest BCUT2D eigenvalue weighted by Crippen LogP contribution is -2.40. The number of benzene rings is 1. The van der Waals surface area contributed by atoms with Crippen molar-refractivity contribution in [2.45, 2.75) is 39.7 Å². The van der Waals surface area contributed by atoms with Crippen LogP contribution in [-0.2, 0) is 4.79 Å². The first-order valence-corrected chi connectivity index (χ1v) is 6.06. The molecule has 1 aromatic carbocycles. The zero-order valence-electron chi connectivity index (χ0n) is 11.0. The van der Waals surface area contributed by atoms with Gasteiger partial charge in [-0.05, 0) is 32.4 Å². The van der Waals surface area contributed by atoms with E-state index in [1.807, 2.05) is 26.8 Å². The summed E-state index contributed by atoms with van der Waals surface area (Å²) in [6.45, 7) is 5.70. The van der Waals surface area contributed by atoms with Crippen LogP contribution in [0, 0.1) is 13.8 Å². The maximum atomic E-state index is 12.0. The maximum absolute atomic E-state index is 12.0. The Labute approximate surface area is 107 Å². The number of carbonyl (C=O) groups excluding carboxylic acids is 1. The number of hydrogen-bond acceptors (Lipinski definition) is 2. The predicted octanol–water partition coefficient (Wildman–Crippen LogP) is 2.29. The van der Waals surface area contributed by atoms with E-state index < -0.39 is 12.0 Å². The van der Waals surface area contributed by atoms with Crippen LogP contribution in [0.2, 0.25) is 0 Å². The van der Waals surface area contributed by atoms with Crippen LogP contribution in [0.5, 0.6) is 0 Å². The minimum atomic E-state index is -0.991. The molecule has 0 aliphatic rings. The molecule has 1 unspecified atom stereocenters. The van der Waals surface area contributed by atoms with Gasteiger partial charge in [0.05, 0.1) is 0 Å². The second kappa shape index (κ2) is 6.19. The molecule has 1 atom stereocenters. The summed E-state index contributed by atoms with van der Waals surface area (Å²) >= 11 is 0. The molecule has 4 heteroatoms. The van der Waals surface area contributed by atoms with Crippen LogP contribution in [0.25, 0.3) is 0 Å². The molecule has 1 amide bonds. The molecule has 0 spiro atoms. The van der Waals surface area contributed by atoms with Gasteiger partial charge in [-0.1, -0.05) is 30.5 Å². The molecular weight excluding hydrogens is 230 g/mol. The minimum absolute atomic E-state index is 0.331. The van der Waals surface area contributed by atoms with Crippen LogP contribution in [-0.4, -0.2) is 23.0 Å². The van der Waals surface area contributed by atoms with Gasteiger partial charge in [0.2, 0.25) is 0 Å². The number of hydrogen-bond donors (Lipinski definition) is 2. The van der Waals surface area contributed by atoms with Crippen molar-refractivity contribution in [3.8, 4) is 0 Å². The molecule has 0 aliphatic carbocycles. The first-order valence-electron chi connectivity index (χ1n) is 6.06. The summed E-state index contributed by atoms with van der Waals surface area (Å²) in [7, 11) is 0. The highest BCUT2D eigenvalue weighted by atomic mass is 16.4. The summed E-state index contributed by atoms with van der Waals surface area (Å²) in [5, 5.41) is 11.5. The number of aryl methyl sites for hydroxylation is 2. The summed E-state index contributed by atoms with van der Waals surface area (Å²) in [6, 6.07) is 4.67. The molecular formula is C14H19NO3. The molecule has 18 heavy (non-hydrogen) atoms. The number of aliphatic carboxylic acids is 1. The van der Waals surface area contributed by atoms with E-state index in [4.69, 9.17) is 5.11 Å². The Balaban J connectivity index is 2.83. The molecule has 4 nitrogen and oxygen atoms in total. The zero-order chi connectivity index (χ0) is 13.7. The average Bonchev–Trinajstić information content (AvgIpc) is 2.26. The smallest absolute Gasteiger partial charge is 0.326 e. The second-order valence-electron chi connectivity index (χ2n) is 4.53. The van der Waals surface area contributed by atoms with Gasteiger partial charge in [-0.25, -0.2) is 4.79 Å². The van der Waals surface area contributed by atoms with Crippen molar-refractivity contribution >= 4 is 11.9 Å². The molecule has 1 rings (SSSR count). The Morgan fingerprint density at radius 1 is 1.22 bits per heavy atom. The summed E-state index contributed by atoms with van der Waals surface area (Å²) in [5.41, 5.74) is 2.49. The molecule has 0 aliphatic heterocycles. The molecule has 0 bridgehead atoms. The van der Waals surface area contributed by atoms with E-state index in [1.165, 1.54) is 0 Å². The topological polar surface area (TPSA) is 66.4 Å². The fraction of sp³-hybridized carbons (Fsp3) is 0.429. The SMILES string of the molecule is CCCC(NC(=O)c1cc(C)cc(C)c1)C(=O)O. The molecule has 1 aromatic rings. The summed E-state index contributed by atoms with van der Waals surface area (Å²) < 4.78 is 0. The first-order chi connectivity index (χ1) is 8.43. The Morgan fingerprint density at radius 2 is 1.78 bits per heavy atom. The van der Waals surface area contributed by atoms with Crippen LogP contribution in [0.1, 0.15) is 41.3 Å². The number of nitrogens with one attached hydrogen (secondary N) is 1. The Bertz CT molecular complexity index is 434. The Morgan fingerprint density at radius 3 is 2.22 bits per heavy atom. The number of carboxylic acid groups (broad SMARTS) is 1. The highest BCUT2D eigenvalue weighted by Gasteiger charge is 2.19. The van der Waals surface area contributed by atoms with E-state index in [-0.39, 0.29) is 5.91 Å². The quantitative estimate of drug-likeness (QED) is 0.841. The molecule has 0 saturated heterocycles. The van der Waals surface area contributed by atoms with E-state index in [0.29, 0.717) is 18.4 Å². The monoisotopic (exact) mass is 249 g/mol. The molecule has 98 valence electrons. The molecule has 0 aromatic heterocycles. The average molecular weight is 249 g/mol. The highest BCUT2D eigenvalue weighted by molar-refractivity contribution is 5.96. The van der Waals surface area contributed by atoms with Crippen LogP contribution in [0.15, 0.2) is 18.2 Å². The van der Waals surface area contributed by atoms with E-state index in [9.17, 15) is 9.59 Å². The van der Waals surface area contributed by atoms with Crippen LogP contribution < -0.4 is 5.32 Å². The lowest BCUT2D eigenvalue weighted by molar-refractivity contribution is -0.139. The lowest BCUT2D eigenvalue weighted by Gasteiger charge is -2.14. The number of amides is 1. The van der Waals surface area contributed by atoms with Crippen molar-refractivity contribution < 1.29 is 14.7 Å². The third kappa shape index (κ3) is 3.87. The summed E-state index contributed by atoms with van der Waals surface area (Å²) in [5.74, 6) is -1.32. The fourth-order valence-electron chi connectivity index (χ4n) is 1.89. The Kier molecular flexibility index (Phi) is 4.89. The van der Waals surface area contributed by atoms with Gasteiger partial charge in [-0.3, -0.25) is 4.79 Å². The van der Waals surface area contributed by atoms with Gasteiger partial charge in [0.1, 0.15) is 6.04 Å². The molecule has 0 heterocycles. The van der Waals surface area contributed by atoms with E-state index in [0.717, 1.165) is 11.1 Å². The maximum Gasteiger partial charge on any atom is 0.326 e.